The third kappa shape index (κ3) is 3.93. The van der Waals surface area contributed by atoms with Crippen LogP contribution < -0.4 is 15.8 Å². The van der Waals surface area contributed by atoms with Gasteiger partial charge in [0.2, 0.25) is 15.9 Å². The quantitative estimate of drug-likeness (QED) is 0.517. The molecule has 0 radical (unpaired) electrons. The van der Waals surface area contributed by atoms with Crippen LogP contribution in [-0.4, -0.2) is 39.0 Å². The number of nitrogens with two attached hydrogens (primary N) is 1. The molecule has 1 rings (SSSR count). The summed E-state index contributed by atoms with van der Waals surface area (Å²) < 4.78 is 26.1. The molecule has 0 aliphatic carbocycles. The van der Waals surface area contributed by atoms with Crippen molar-refractivity contribution in [1.29, 1.82) is 0 Å². The van der Waals surface area contributed by atoms with Crippen molar-refractivity contribution in [2.75, 3.05) is 19.3 Å². The zero-order valence-electron chi connectivity index (χ0n) is 10.7. The standard InChI is InChI=1S/C11H15N3O5S/c1-13-10(15)4-5-14-20(18,19)9-3-2-7(12)6-8(9)11(16)17/h2-3,6,14H,4-5,12H2,1H3,(H,13,15)(H,16,17). The molecule has 0 spiro atoms. The van der Waals surface area contributed by atoms with E-state index in [0.29, 0.717) is 0 Å². The maximum absolute atomic E-state index is 12.0. The minimum atomic E-state index is -4.02. The first-order chi connectivity index (χ1) is 9.27. The number of aromatic carboxylic acids is 1. The maximum atomic E-state index is 12.0. The Bertz CT molecular complexity index is 627. The third-order valence-electron chi connectivity index (χ3n) is 2.45. The van der Waals surface area contributed by atoms with E-state index in [1.807, 2.05) is 0 Å². The number of hydrogen-bond acceptors (Lipinski definition) is 5. The lowest BCUT2D eigenvalue weighted by molar-refractivity contribution is -0.120. The monoisotopic (exact) mass is 301 g/mol. The van der Waals surface area contributed by atoms with Crippen LogP contribution in [0.2, 0.25) is 0 Å². The summed E-state index contributed by atoms with van der Waals surface area (Å²) in [6, 6.07) is 3.47. The van der Waals surface area contributed by atoms with E-state index in [0.717, 1.165) is 12.1 Å². The minimum absolute atomic E-state index is 0.0485. The first-order valence-electron chi connectivity index (χ1n) is 5.61. The van der Waals surface area contributed by atoms with Crippen molar-refractivity contribution in [3.63, 3.8) is 0 Å². The Labute approximate surface area is 116 Å². The van der Waals surface area contributed by atoms with Gasteiger partial charge in [0.05, 0.1) is 10.5 Å². The fourth-order valence-corrected chi connectivity index (χ4v) is 2.66. The minimum Gasteiger partial charge on any atom is -0.478 e. The molecule has 0 saturated heterocycles. The molecule has 0 atom stereocenters. The largest absolute Gasteiger partial charge is 0.478 e. The van der Waals surface area contributed by atoms with Crippen LogP contribution in [-0.2, 0) is 14.8 Å². The van der Waals surface area contributed by atoms with Gasteiger partial charge in [-0.1, -0.05) is 0 Å². The van der Waals surface area contributed by atoms with Crippen LogP contribution in [0.5, 0.6) is 0 Å². The summed E-state index contributed by atoms with van der Waals surface area (Å²) in [4.78, 5) is 21.6. The number of nitrogen functional groups attached to an aromatic ring is 1. The van der Waals surface area contributed by atoms with Crippen molar-refractivity contribution < 1.29 is 23.1 Å². The smallest absolute Gasteiger partial charge is 0.337 e. The molecule has 9 heteroatoms. The van der Waals surface area contributed by atoms with E-state index in [4.69, 9.17) is 10.8 Å². The van der Waals surface area contributed by atoms with Gasteiger partial charge in [0, 0.05) is 25.7 Å². The molecule has 1 amide bonds. The number of carbonyl (C=O) groups excluding carboxylic acids is 1. The number of hydrogen-bond donors (Lipinski definition) is 4. The number of rotatable bonds is 6. The molecule has 0 unspecified atom stereocenters. The van der Waals surface area contributed by atoms with Gasteiger partial charge >= 0.3 is 5.97 Å². The third-order valence-corrected chi connectivity index (χ3v) is 3.97. The van der Waals surface area contributed by atoms with Gasteiger partial charge in [-0.2, -0.15) is 0 Å². The molecule has 20 heavy (non-hydrogen) atoms. The number of benzene rings is 1. The summed E-state index contributed by atoms with van der Waals surface area (Å²) in [6.45, 7) is -0.133. The van der Waals surface area contributed by atoms with Gasteiger partial charge < -0.3 is 16.2 Å². The second kappa shape index (κ2) is 6.35. The van der Waals surface area contributed by atoms with Crippen molar-refractivity contribution in [2.24, 2.45) is 0 Å². The van der Waals surface area contributed by atoms with Crippen molar-refractivity contribution in [3.8, 4) is 0 Å². The summed E-state index contributed by atoms with van der Waals surface area (Å²) in [6.07, 6.45) is -0.0485. The molecular formula is C11H15N3O5S. The van der Waals surface area contributed by atoms with Crippen LogP contribution >= 0.6 is 0 Å². The van der Waals surface area contributed by atoms with E-state index in [1.54, 1.807) is 0 Å². The van der Waals surface area contributed by atoms with Crippen molar-refractivity contribution in [2.45, 2.75) is 11.3 Å². The lowest BCUT2D eigenvalue weighted by Gasteiger charge is -2.09. The number of nitrogens with one attached hydrogen (secondary N) is 2. The second-order valence-corrected chi connectivity index (χ2v) is 5.62. The molecule has 0 bridgehead atoms. The van der Waals surface area contributed by atoms with Gasteiger partial charge in [-0.25, -0.2) is 17.9 Å². The number of anilines is 1. The average Bonchev–Trinajstić information content (AvgIpc) is 2.37. The van der Waals surface area contributed by atoms with Gasteiger partial charge in [-0.15, -0.1) is 0 Å². The highest BCUT2D eigenvalue weighted by molar-refractivity contribution is 7.89. The number of carbonyl (C=O) groups is 2. The summed E-state index contributed by atoms with van der Waals surface area (Å²) in [5.74, 6) is -1.73. The van der Waals surface area contributed by atoms with E-state index < -0.39 is 26.5 Å². The highest BCUT2D eigenvalue weighted by Crippen LogP contribution is 2.18. The van der Waals surface area contributed by atoms with Gasteiger partial charge in [0.1, 0.15) is 0 Å². The number of amides is 1. The van der Waals surface area contributed by atoms with Gasteiger partial charge in [-0.3, -0.25) is 4.79 Å². The first kappa shape index (κ1) is 15.9. The highest BCUT2D eigenvalue weighted by Gasteiger charge is 2.22. The molecule has 0 aromatic heterocycles. The zero-order chi connectivity index (χ0) is 15.3. The summed E-state index contributed by atoms with van der Waals surface area (Å²) in [5, 5.41) is 11.3. The fourth-order valence-electron chi connectivity index (χ4n) is 1.45. The molecular weight excluding hydrogens is 286 g/mol. The average molecular weight is 301 g/mol. The topological polar surface area (TPSA) is 139 Å². The Hall–Kier alpha value is -2.13. The lowest BCUT2D eigenvalue weighted by Crippen LogP contribution is -2.30. The highest BCUT2D eigenvalue weighted by atomic mass is 32.2. The van der Waals surface area contributed by atoms with Gasteiger partial charge in [0.25, 0.3) is 0 Å². The number of sulfonamides is 1. The summed E-state index contributed by atoms with van der Waals surface area (Å²) in [5.41, 5.74) is 5.16. The molecule has 1 aromatic carbocycles. The van der Waals surface area contributed by atoms with Crippen LogP contribution in [0.1, 0.15) is 16.8 Å². The SMILES string of the molecule is CNC(=O)CCNS(=O)(=O)c1ccc(N)cc1C(=O)O. The molecule has 0 aliphatic heterocycles. The summed E-state index contributed by atoms with van der Waals surface area (Å²) in [7, 11) is -2.59. The Morgan fingerprint density at radius 2 is 2.00 bits per heavy atom. The van der Waals surface area contributed by atoms with Crippen molar-refractivity contribution in [3.05, 3.63) is 23.8 Å². The number of carboxylic acid groups (broad SMARTS) is 1. The molecule has 110 valence electrons. The van der Waals surface area contributed by atoms with Crippen LogP contribution in [0.4, 0.5) is 5.69 Å². The predicted octanol–water partition coefficient (Wildman–Crippen LogP) is -0.619. The van der Waals surface area contributed by atoms with Gasteiger partial charge in [-0.05, 0) is 18.2 Å². The Morgan fingerprint density at radius 3 is 2.55 bits per heavy atom. The molecule has 0 saturated carbocycles. The number of carboxylic acids is 1. The van der Waals surface area contributed by atoms with Crippen LogP contribution in [0.3, 0.4) is 0 Å². The Kier molecular flexibility index (Phi) is 5.06. The molecule has 8 nitrogen and oxygen atoms in total. The van der Waals surface area contributed by atoms with E-state index in [9.17, 15) is 18.0 Å². The maximum Gasteiger partial charge on any atom is 0.337 e. The predicted molar refractivity (Wildman–Crippen MR) is 71.7 cm³/mol. The normalized spacial score (nSPS) is 11.1. The van der Waals surface area contributed by atoms with Gasteiger partial charge in [0.15, 0.2) is 0 Å². The molecule has 5 N–H and O–H groups in total. The second-order valence-electron chi connectivity index (χ2n) is 3.88. The molecule has 0 aliphatic rings. The first-order valence-corrected chi connectivity index (χ1v) is 7.09. The van der Waals surface area contributed by atoms with E-state index in [-0.39, 0.29) is 24.6 Å². The van der Waals surface area contributed by atoms with E-state index >= 15 is 0 Å². The molecule has 1 aromatic rings. The fraction of sp³-hybridized carbons (Fsp3) is 0.273. The van der Waals surface area contributed by atoms with Crippen LogP contribution in [0, 0.1) is 0 Å². The van der Waals surface area contributed by atoms with Crippen molar-refractivity contribution in [1.82, 2.24) is 10.0 Å². The van der Waals surface area contributed by atoms with E-state index in [1.165, 1.54) is 13.1 Å². The van der Waals surface area contributed by atoms with Crippen LogP contribution in [0.15, 0.2) is 23.1 Å². The van der Waals surface area contributed by atoms with E-state index in [2.05, 4.69) is 10.0 Å². The molecule has 0 fully saturated rings. The zero-order valence-corrected chi connectivity index (χ0v) is 11.5. The summed E-state index contributed by atoms with van der Waals surface area (Å²) >= 11 is 0. The Morgan fingerprint density at radius 1 is 1.35 bits per heavy atom. The van der Waals surface area contributed by atoms with Crippen LogP contribution in [0.25, 0.3) is 0 Å². The molecule has 0 heterocycles. The van der Waals surface area contributed by atoms with Crippen molar-refractivity contribution >= 4 is 27.6 Å². The lowest BCUT2D eigenvalue weighted by atomic mass is 10.2. The Balaban J connectivity index is 2.98.